The molecule has 0 atom stereocenters. The van der Waals surface area contributed by atoms with Gasteiger partial charge in [0, 0.05) is 19.6 Å². The molecule has 13 heavy (non-hydrogen) atoms. The van der Waals surface area contributed by atoms with Gasteiger partial charge in [-0.2, -0.15) is 12.7 Å². The molecule has 4 nitrogen and oxygen atoms in total. The second-order valence-electron chi connectivity index (χ2n) is 3.33. The van der Waals surface area contributed by atoms with Gasteiger partial charge in [0.05, 0.1) is 0 Å². The molecule has 0 saturated heterocycles. The molecule has 0 spiro atoms. The van der Waals surface area contributed by atoms with E-state index in [2.05, 4.69) is 4.72 Å². The molecule has 0 aromatic carbocycles. The lowest BCUT2D eigenvalue weighted by Gasteiger charge is -2.19. The van der Waals surface area contributed by atoms with Gasteiger partial charge in [0.2, 0.25) is 0 Å². The molecule has 0 heterocycles. The molecule has 1 N–H and O–H groups in total. The van der Waals surface area contributed by atoms with E-state index in [4.69, 9.17) is 0 Å². The Balaban J connectivity index is 4.22. The molecule has 0 fully saturated rings. The first kappa shape index (κ1) is 12.9. The van der Waals surface area contributed by atoms with E-state index in [1.807, 2.05) is 27.7 Å². The van der Waals surface area contributed by atoms with Gasteiger partial charge in [0.15, 0.2) is 0 Å². The Labute approximate surface area is 81.5 Å². The molecule has 5 heteroatoms. The number of nitrogens with zero attached hydrogens (tertiary/aromatic N) is 1. The molecule has 0 aliphatic carbocycles. The van der Waals surface area contributed by atoms with Crippen molar-refractivity contribution in [1.29, 1.82) is 0 Å². The van der Waals surface area contributed by atoms with Crippen LogP contribution >= 0.6 is 0 Å². The lowest BCUT2D eigenvalue weighted by molar-refractivity contribution is 0.430. The van der Waals surface area contributed by atoms with Crippen LogP contribution in [0.15, 0.2) is 0 Å². The van der Waals surface area contributed by atoms with Crippen molar-refractivity contribution in [2.75, 3.05) is 19.6 Å². The fourth-order valence-corrected chi connectivity index (χ4v) is 2.33. The van der Waals surface area contributed by atoms with E-state index in [9.17, 15) is 8.42 Å². The molecule has 0 aliphatic heterocycles. The van der Waals surface area contributed by atoms with Crippen LogP contribution in [0, 0.1) is 5.92 Å². The highest BCUT2D eigenvalue weighted by molar-refractivity contribution is 7.87. The van der Waals surface area contributed by atoms with Gasteiger partial charge in [0.1, 0.15) is 0 Å². The number of rotatable bonds is 6. The highest BCUT2D eigenvalue weighted by atomic mass is 32.2. The lowest BCUT2D eigenvalue weighted by Crippen LogP contribution is -2.41. The zero-order chi connectivity index (χ0) is 10.5. The maximum absolute atomic E-state index is 11.5. The van der Waals surface area contributed by atoms with Crippen LogP contribution in [-0.2, 0) is 10.2 Å². The SMILES string of the molecule is CCN(CC)S(=O)(=O)NCC(C)C. The van der Waals surface area contributed by atoms with Crippen LogP contribution in [0.25, 0.3) is 0 Å². The van der Waals surface area contributed by atoms with Crippen LogP contribution < -0.4 is 4.72 Å². The van der Waals surface area contributed by atoms with Gasteiger partial charge in [0.25, 0.3) is 10.2 Å². The summed E-state index contributed by atoms with van der Waals surface area (Å²) in [6, 6.07) is 0. The zero-order valence-electron chi connectivity index (χ0n) is 8.87. The summed E-state index contributed by atoms with van der Waals surface area (Å²) in [5.74, 6) is 0.338. The molecule has 80 valence electrons. The Hall–Kier alpha value is -0.130. The van der Waals surface area contributed by atoms with Gasteiger partial charge >= 0.3 is 0 Å². The van der Waals surface area contributed by atoms with Crippen LogP contribution in [-0.4, -0.2) is 32.4 Å². The van der Waals surface area contributed by atoms with Crippen molar-refractivity contribution in [3.8, 4) is 0 Å². The summed E-state index contributed by atoms with van der Waals surface area (Å²) >= 11 is 0. The number of nitrogens with one attached hydrogen (secondary N) is 1. The van der Waals surface area contributed by atoms with Gasteiger partial charge in [-0.3, -0.25) is 0 Å². The van der Waals surface area contributed by atoms with Crippen molar-refractivity contribution in [3.63, 3.8) is 0 Å². The molecule has 0 saturated carbocycles. The van der Waals surface area contributed by atoms with Crippen LogP contribution in [0.3, 0.4) is 0 Å². The molecule has 0 bridgehead atoms. The highest BCUT2D eigenvalue weighted by Crippen LogP contribution is 1.98. The highest BCUT2D eigenvalue weighted by Gasteiger charge is 2.17. The normalized spacial score (nSPS) is 12.8. The summed E-state index contributed by atoms with van der Waals surface area (Å²) < 4.78 is 27.0. The summed E-state index contributed by atoms with van der Waals surface area (Å²) in [6.07, 6.45) is 0. The largest absolute Gasteiger partial charge is 0.279 e. The van der Waals surface area contributed by atoms with E-state index in [0.717, 1.165) is 0 Å². The number of hydrogen-bond donors (Lipinski definition) is 1. The van der Waals surface area contributed by atoms with Crippen LogP contribution in [0.2, 0.25) is 0 Å². The molecular weight excluding hydrogens is 188 g/mol. The van der Waals surface area contributed by atoms with E-state index in [1.165, 1.54) is 4.31 Å². The van der Waals surface area contributed by atoms with Gasteiger partial charge in [-0.15, -0.1) is 0 Å². The zero-order valence-corrected chi connectivity index (χ0v) is 9.69. The first-order valence-electron chi connectivity index (χ1n) is 4.68. The minimum atomic E-state index is -3.23. The minimum absolute atomic E-state index is 0.338. The fraction of sp³-hybridized carbons (Fsp3) is 1.00. The Morgan fingerprint density at radius 3 is 2.00 bits per heavy atom. The summed E-state index contributed by atoms with van der Waals surface area (Å²) in [5, 5.41) is 0. The van der Waals surface area contributed by atoms with E-state index in [0.29, 0.717) is 25.6 Å². The van der Waals surface area contributed by atoms with Crippen molar-refractivity contribution >= 4 is 10.2 Å². The van der Waals surface area contributed by atoms with Crippen molar-refractivity contribution in [2.24, 2.45) is 5.92 Å². The fourth-order valence-electron chi connectivity index (χ4n) is 0.927. The second-order valence-corrected chi connectivity index (χ2v) is 5.09. The Kier molecular flexibility index (Phi) is 5.51. The molecule has 0 rings (SSSR count). The molecule has 0 amide bonds. The Morgan fingerprint density at radius 2 is 1.69 bits per heavy atom. The Morgan fingerprint density at radius 1 is 1.23 bits per heavy atom. The topological polar surface area (TPSA) is 49.4 Å². The van der Waals surface area contributed by atoms with Crippen LogP contribution in [0.5, 0.6) is 0 Å². The maximum atomic E-state index is 11.5. The van der Waals surface area contributed by atoms with Crippen molar-refractivity contribution in [3.05, 3.63) is 0 Å². The van der Waals surface area contributed by atoms with Crippen molar-refractivity contribution < 1.29 is 8.42 Å². The van der Waals surface area contributed by atoms with Crippen molar-refractivity contribution in [2.45, 2.75) is 27.7 Å². The van der Waals surface area contributed by atoms with Gasteiger partial charge in [-0.25, -0.2) is 4.72 Å². The minimum Gasteiger partial charge on any atom is -0.202 e. The van der Waals surface area contributed by atoms with E-state index in [-0.39, 0.29) is 0 Å². The summed E-state index contributed by atoms with van der Waals surface area (Å²) in [7, 11) is -3.23. The Bertz CT molecular complexity index is 220. The molecule has 0 unspecified atom stereocenters. The maximum Gasteiger partial charge on any atom is 0.279 e. The average Bonchev–Trinajstić information content (AvgIpc) is 2.03. The third-order valence-corrected chi connectivity index (χ3v) is 3.45. The lowest BCUT2D eigenvalue weighted by atomic mass is 10.2. The van der Waals surface area contributed by atoms with Gasteiger partial charge in [-0.1, -0.05) is 27.7 Å². The van der Waals surface area contributed by atoms with E-state index >= 15 is 0 Å². The van der Waals surface area contributed by atoms with E-state index in [1.54, 1.807) is 0 Å². The van der Waals surface area contributed by atoms with E-state index < -0.39 is 10.2 Å². The molecule has 0 aromatic rings. The third-order valence-electron chi connectivity index (χ3n) is 1.72. The summed E-state index contributed by atoms with van der Waals surface area (Å²) in [5.41, 5.74) is 0. The molecule has 0 aliphatic rings. The third kappa shape index (κ3) is 4.59. The monoisotopic (exact) mass is 208 g/mol. The molecular formula is C8H20N2O2S. The quantitative estimate of drug-likeness (QED) is 0.702. The smallest absolute Gasteiger partial charge is 0.202 e. The standard InChI is InChI=1S/C8H20N2O2S/c1-5-10(6-2)13(11,12)9-7-8(3)4/h8-9H,5-7H2,1-4H3. The van der Waals surface area contributed by atoms with Gasteiger partial charge < -0.3 is 0 Å². The first-order valence-corrected chi connectivity index (χ1v) is 6.12. The predicted octanol–water partition coefficient (Wildman–Crippen LogP) is 0.819. The summed E-state index contributed by atoms with van der Waals surface area (Å²) in [6.45, 7) is 9.15. The van der Waals surface area contributed by atoms with Crippen molar-refractivity contribution in [1.82, 2.24) is 9.03 Å². The first-order chi connectivity index (χ1) is 5.94. The van der Waals surface area contributed by atoms with Crippen LogP contribution in [0.4, 0.5) is 0 Å². The molecule has 0 aromatic heterocycles. The van der Waals surface area contributed by atoms with Gasteiger partial charge in [-0.05, 0) is 5.92 Å². The average molecular weight is 208 g/mol. The second kappa shape index (κ2) is 5.57. The van der Waals surface area contributed by atoms with Crippen LogP contribution in [0.1, 0.15) is 27.7 Å². The summed E-state index contributed by atoms with van der Waals surface area (Å²) in [4.78, 5) is 0. The molecule has 0 radical (unpaired) electrons. The predicted molar refractivity (Wildman–Crippen MR) is 54.7 cm³/mol. The number of hydrogen-bond acceptors (Lipinski definition) is 2.